The Kier molecular flexibility index (Phi) is 10.0. The molecule has 2 aliphatic heterocycles. The average Bonchev–Trinajstić information content (AvgIpc) is 3.87. The van der Waals surface area contributed by atoms with Gasteiger partial charge in [-0.1, -0.05) is 83.9 Å². The van der Waals surface area contributed by atoms with Gasteiger partial charge >= 0.3 is 11.9 Å². The molecule has 4 aliphatic rings. The zero-order chi connectivity index (χ0) is 40.2. The smallest absolute Gasteiger partial charge is 0.338 e. The molecule has 0 fully saturated rings. The Bertz CT molecular complexity index is 2130. The lowest BCUT2D eigenvalue weighted by atomic mass is 9.77. The molecule has 2 aliphatic carbocycles. The third-order valence-electron chi connectivity index (χ3n) is 10.2. The number of allylic oxidation sites excluding steroid dienone is 2. The molecule has 0 N–H and O–H groups in total. The van der Waals surface area contributed by atoms with Crippen molar-refractivity contribution in [2.75, 3.05) is 0 Å². The van der Waals surface area contributed by atoms with Crippen LogP contribution in [0.1, 0.15) is 98.1 Å². The molecular weight excluding hydrogens is 751 g/mol. The zero-order valence-corrected chi connectivity index (χ0v) is 33.5. The van der Waals surface area contributed by atoms with Crippen molar-refractivity contribution in [3.05, 3.63) is 153 Å². The minimum atomic E-state index is -1.42. The maximum absolute atomic E-state index is 13.6. The summed E-state index contributed by atoms with van der Waals surface area (Å²) in [6, 6.07) is 28.8. The first kappa shape index (κ1) is 39.1. The van der Waals surface area contributed by atoms with Crippen LogP contribution in [0.2, 0.25) is 10.0 Å². The molecule has 2 heterocycles. The van der Waals surface area contributed by atoms with Crippen LogP contribution >= 0.6 is 23.2 Å². The summed E-state index contributed by atoms with van der Waals surface area (Å²) < 4.78 is 23.7. The Morgan fingerprint density at radius 3 is 1.23 bits per heavy atom. The molecule has 4 aromatic carbocycles. The van der Waals surface area contributed by atoms with E-state index in [4.69, 9.17) is 42.1 Å². The first-order chi connectivity index (χ1) is 26.4. The van der Waals surface area contributed by atoms with Crippen molar-refractivity contribution in [2.24, 2.45) is 0 Å². The second-order valence-electron chi connectivity index (χ2n) is 16.2. The monoisotopic (exact) mass is 792 g/mol. The number of carbonyl (C=O) groups is 4. The molecule has 0 unspecified atom stereocenters. The number of para-hydroxylation sites is 2. The van der Waals surface area contributed by atoms with Gasteiger partial charge in [0, 0.05) is 21.9 Å². The molecule has 0 bridgehead atoms. The van der Waals surface area contributed by atoms with Crippen LogP contribution in [-0.2, 0) is 19.1 Å². The predicted molar refractivity (Wildman–Crippen MR) is 214 cm³/mol. The number of Topliss-reactive ketones (excluding diaryl/α,β-unsaturated/α-hetero) is 2. The highest BCUT2D eigenvalue weighted by Crippen LogP contribution is 2.54. The summed E-state index contributed by atoms with van der Waals surface area (Å²) in [6.45, 7) is 10.8. The maximum Gasteiger partial charge on any atom is 0.338 e. The highest BCUT2D eigenvalue weighted by atomic mass is 35.5. The van der Waals surface area contributed by atoms with Crippen molar-refractivity contribution in [3.63, 3.8) is 0 Å². The van der Waals surface area contributed by atoms with Crippen LogP contribution in [0, 0.1) is 0 Å². The largest absolute Gasteiger partial charge is 0.473 e. The van der Waals surface area contributed by atoms with Gasteiger partial charge in [0.1, 0.15) is 22.7 Å². The Labute approximate surface area is 336 Å². The molecule has 4 aromatic rings. The van der Waals surface area contributed by atoms with Crippen molar-refractivity contribution in [2.45, 2.75) is 88.6 Å². The van der Waals surface area contributed by atoms with Crippen molar-refractivity contribution in [1.82, 2.24) is 0 Å². The van der Waals surface area contributed by atoms with Gasteiger partial charge < -0.3 is 18.9 Å². The number of ketones is 2. The van der Waals surface area contributed by atoms with E-state index in [1.807, 2.05) is 36.4 Å². The molecule has 8 nitrogen and oxygen atoms in total. The van der Waals surface area contributed by atoms with Crippen LogP contribution in [0.5, 0.6) is 11.5 Å². The van der Waals surface area contributed by atoms with E-state index in [1.165, 1.54) is 0 Å². The summed E-state index contributed by atoms with van der Waals surface area (Å²) in [5.41, 5.74) is -0.902. The molecule has 0 radical (unpaired) electrons. The van der Waals surface area contributed by atoms with Gasteiger partial charge in [0.05, 0.1) is 22.3 Å². The summed E-state index contributed by atoms with van der Waals surface area (Å²) in [5, 5.41) is 1.22. The normalized spacial score (nSPS) is 23.4. The van der Waals surface area contributed by atoms with Crippen LogP contribution in [0.25, 0.3) is 0 Å². The van der Waals surface area contributed by atoms with E-state index in [0.717, 1.165) is 11.1 Å². The quantitative estimate of drug-likeness (QED) is 0.188. The van der Waals surface area contributed by atoms with Gasteiger partial charge in [-0.15, -0.1) is 0 Å². The highest BCUT2D eigenvalue weighted by molar-refractivity contribution is 6.31. The van der Waals surface area contributed by atoms with Gasteiger partial charge in [-0.05, 0) is 114 Å². The van der Waals surface area contributed by atoms with Gasteiger partial charge in [0.2, 0.25) is 22.8 Å². The van der Waals surface area contributed by atoms with E-state index in [9.17, 15) is 19.2 Å². The average molecular weight is 794 g/mol. The van der Waals surface area contributed by atoms with E-state index in [-0.39, 0.29) is 34.5 Å². The Balaban J connectivity index is 0.000000172. The lowest BCUT2D eigenvalue weighted by molar-refractivity contribution is -0.152. The minimum Gasteiger partial charge on any atom is -0.473 e. The zero-order valence-electron chi connectivity index (χ0n) is 32.0. The number of carbonyl (C=O) groups excluding carboxylic acids is 4. The summed E-state index contributed by atoms with van der Waals surface area (Å²) in [4.78, 5) is 53.1. The van der Waals surface area contributed by atoms with Crippen LogP contribution in [0.15, 0.2) is 120 Å². The number of halogens is 2. The molecule has 56 heavy (non-hydrogen) atoms. The topological polar surface area (TPSA) is 105 Å². The van der Waals surface area contributed by atoms with E-state index < -0.39 is 34.3 Å². The van der Waals surface area contributed by atoms with E-state index in [0.29, 0.717) is 45.5 Å². The standard InChI is InChI=1S/2C23H21ClO4/c2*1-22(2,3)28-21(26)18-13-12-17(14-8-10-15(24)11-9-14)23(18)20(25)16-6-4-5-7-19(16)27-23/h2*4-11,13,17H,12H2,1-3H3/t2*17-,23+/m00/s1. The summed E-state index contributed by atoms with van der Waals surface area (Å²) in [6.07, 6.45) is 4.54. The Morgan fingerprint density at radius 2 is 0.911 bits per heavy atom. The third-order valence-corrected chi connectivity index (χ3v) is 10.7. The second-order valence-corrected chi connectivity index (χ2v) is 17.1. The molecule has 10 heteroatoms. The molecule has 0 amide bonds. The van der Waals surface area contributed by atoms with E-state index >= 15 is 0 Å². The van der Waals surface area contributed by atoms with Gasteiger partial charge in [0.25, 0.3) is 0 Å². The fourth-order valence-corrected chi connectivity index (χ4v) is 8.14. The van der Waals surface area contributed by atoms with Gasteiger partial charge in [0.15, 0.2) is 0 Å². The predicted octanol–water partition coefficient (Wildman–Crippen LogP) is 10.2. The fourth-order valence-electron chi connectivity index (χ4n) is 7.89. The van der Waals surface area contributed by atoms with E-state index in [2.05, 4.69) is 0 Å². The first-order valence-electron chi connectivity index (χ1n) is 18.5. The molecular formula is C46H42Cl2O8. The lowest BCUT2D eigenvalue weighted by Gasteiger charge is -2.33. The maximum atomic E-state index is 13.6. The van der Waals surface area contributed by atoms with Gasteiger partial charge in [-0.3, -0.25) is 9.59 Å². The van der Waals surface area contributed by atoms with Crippen LogP contribution in [-0.4, -0.2) is 45.9 Å². The van der Waals surface area contributed by atoms with Crippen molar-refractivity contribution in [1.29, 1.82) is 0 Å². The number of benzene rings is 4. The van der Waals surface area contributed by atoms with Crippen LogP contribution in [0.4, 0.5) is 0 Å². The first-order valence-corrected chi connectivity index (χ1v) is 19.2. The number of esters is 2. The minimum absolute atomic E-state index is 0.211. The number of rotatable bonds is 4. The molecule has 0 saturated heterocycles. The van der Waals surface area contributed by atoms with Gasteiger partial charge in [-0.2, -0.15) is 0 Å². The third kappa shape index (κ3) is 6.94. The molecule has 288 valence electrons. The summed E-state index contributed by atoms with van der Waals surface area (Å²) in [7, 11) is 0. The molecule has 0 aromatic heterocycles. The number of ether oxygens (including phenoxy) is 4. The number of hydrogen-bond donors (Lipinski definition) is 0. The number of fused-ring (bicyclic) bond motifs is 2. The van der Waals surface area contributed by atoms with Crippen molar-refractivity contribution < 1.29 is 38.1 Å². The van der Waals surface area contributed by atoms with Crippen LogP contribution in [0.3, 0.4) is 0 Å². The van der Waals surface area contributed by atoms with Crippen molar-refractivity contribution >= 4 is 46.7 Å². The highest BCUT2D eigenvalue weighted by Gasteiger charge is 2.62. The molecule has 2 spiro atoms. The molecule has 4 atom stereocenters. The van der Waals surface area contributed by atoms with Crippen molar-refractivity contribution in [3.8, 4) is 11.5 Å². The summed E-state index contributed by atoms with van der Waals surface area (Å²) in [5.74, 6) is -1.17. The van der Waals surface area contributed by atoms with E-state index in [1.54, 1.807) is 114 Å². The Hall–Kier alpha value is -5.18. The number of hydrogen-bond acceptors (Lipinski definition) is 8. The molecule has 0 saturated carbocycles. The lowest BCUT2D eigenvalue weighted by Crippen LogP contribution is -2.48. The Morgan fingerprint density at radius 1 is 0.571 bits per heavy atom. The molecule has 8 rings (SSSR count). The second kappa shape index (κ2) is 14.4. The SMILES string of the molecule is CC(C)(C)OC(=O)C1=CC[C@@H](c2ccc(Cl)cc2)[C@@]12Oc1ccccc1C2=O.CC(C)(C)OC(=O)C1=CC[C@@H](c2ccc(Cl)cc2)[C@@]12Oc1ccccc1C2=O. The van der Waals surface area contributed by atoms with Gasteiger partial charge in [-0.25, -0.2) is 9.59 Å². The van der Waals surface area contributed by atoms with Crippen LogP contribution < -0.4 is 9.47 Å². The summed E-state index contributed by atoms with van der Waals surface area (Å²) >= 11 is 12.1. The fraction of sp³-hybridized carbons (Fsp3) is 0.304.